The molecule has 4 nitrogen and oxygen atoms in total. The second-order valence-electron chi connectivity index (χ2n) is 6.70. The number of aliphatic hydroxyl groups excluding tert-OH is 1. The summed E-state index contributed by atoms with van der Waals surface area (Å²) in [6.07, 6.45) is 15.7. The van der Waals surface area contributed by atoms with Crippen LogP contribution >= 0.6 is 0 Å². The Balaban J connectivity index is 3.52. The van der Waals surface area contributed by atoms with E-state index >= 15 is 0 Å². The van der Waals surface area contributed by atoms with Crippen molar-refractivity contribution in [2.45, 2.75) is 97.0 Å². The molecule has 0 aliphatic carbocycles. The van der Waals surface area contributed by atoms with Gasteiger partial charge in [0.1, 0.15) is 11.7 Å². The monoisotopic (exact) mass is 340 g/mol. The Morgan fingerprint density at radius 3 is 2.17 bits per heavy atom. The van der Waals surface area contributed by atoms with E-state index < -0.39 is 11.9 Å². The standard InChI is InChI=1S/C20H36O4/c1-3-4-5-11-14-18(22)15-12-9-7-6-8-10-13-16-19(17(2)21)20(23)24/h9,12,18-19,22H,3-8,10-11,13-16H2,1-2H3,(H,23,24)/b12-9-. The van der Waals surface area contributed by atoms with Crippen molar-refractivity contribution in [3.63, 3.8) is 0 Å². The van der Waals surface area contributed by atoms with Crippen molar-refractivity contribution in [3.05, 3.63) is 12.2 Å². The predicted octanol–water partition coefficient (Wildman–Crippen LogP) is 4.89. The van der Waals surface area contributed by atoms with Gasteiger partial charge in [0.15, 0.2) is 0 Å². The normalized spacial score (nSPS) is 14.0. The van der Waals surface area contributed by atoms with Crippen LogP contribution in [0.5, 0.6) is 0 Å². The molecule has 0 radical (unpaired) electrons. The Hall–Kier alpha value is -1.16. The molecule has 0 aliphatic rings. The number of allylic oxidation sites excluding steroid dienone is 1. The summed E-state index contributed by atoms with van der Waals surface area (Å²) < 4.78 is 0. The lowest BCUT2D eigenvalue weighted by Gasteiger charge is -2.08. The second-order valence-corrected chi connectivity index (χ2v) is 6.70. The van der Waals surface area contributed by atoms with E-state index in [0.29, 0.717) is 6.42 Å². The van der Waals surface area contributed by atoms with E-state index in [1.54, 1.807) is 0 Å². The highest BCUT2D eigenvalue weighted by atomic mass is 16.4. The Kier molecular flexibility index (Phi) is 14.6. The summed E-state index contributed by atoms with van der Waals surface area (Å²) in [4.78, 5) is 22.0. The lowest BCUT2D eigenvalue weighted by molar-refractivity contribution is -0.146. The third kappa shape index (κ3) is 13.3. The zero-order valence-electron chi connectivity index (χ0n) is 15.5. The molecule has 2 atom stereocenters. The Morgan fingerprint density at radius 1 is 0.917 bits per heavy atom. The second kappa shape index (κ2) is 15.4. The molecule has 0 aliphatic heterocycles. The highest BCUT2D eigenvalue weighted by Crippen LogP contribution is 2.14. The summed E-state index contributed by atoms with van der Waals surface area (Å²) in [5.41, 5.74) is 0. The maximum atomic E-state index is 11.2. The van der Waals surface area contributed by atoms with Crippen LogP contribution in [0.1, 0.15) is 90.9 Å². The van der Waals surface area contributed by atoms with Crippen LogP contribution in [-0.4, -0.2) is 28.1 Å². The van der Waals surface area contributed by atoms with Crippen LogP contribution in [0.15, 0.2) is 12.2 Å². The van der Waals surface area contributed by atoms with E-state index in [2.05, 4.69) is 19.1 Å². The van der Waals surface area contributed by atoms with E-state index in [9.17, 15) is 14.7 Å². The van der Waals surface area contributed by atoms with Crippen molar-refractivity contribution in [3.8, 4) is 0 Å². The highest BCUT2D eigenvalue weighted by Gasteiger charge is 2.21. The van der Waals surface area contributed by atoms with Crippen LogP contribution in [0.2, 0.25) is 0 Å². The van der Waals surface area contributed by atoms with Crippen molar-refractivity contribution in [2.75, 3.05) is 0 Å². The van der Waals surface area contributed by atoms with E-state index in [4.69, 9.17) is 5.11 Å². The van der Waals surface area contributed by atoms with Crippen molar-refractivity contribution >= 4 is 11.8 Å². The lowest BCUT2D eigenvalue weighted by Crippen LogP contribution is -2.21. The molecule has 0 heterocycles. The van der Waals surface area contributed by atoms with Crippen LogP contribution < -0.4 is 0 Å². The zero-order chi connectivity index (χ0) is 18.2. The van der Waals surface area contributed by atoms with Gasteiger partial charge in [-0.3, -0.25) is 9.59 Å². The number of carboxylic acids is 1. The molecular weight excluding hydrogens is 304 g/mol. The van der Waals surface area contributed by atoms with Gasteiger partial charge >= 0.3 is 5.97 Å². The summed E-state index contributed by atoms with van der Waals surface area (Å²) >= 11 is 0. The average Bonchev–Trinajstić information content (AvgIpc) is 2.52. The van der Waals surface area contributed by atoms with Crippen molar-refractivity contribution < 1.29 is 19.8 Å². The lowest BCUT2D eigenvalue weighted by atomic mass is 9.97. The topological polar surface area (TPSA) is 74.6 Å². The molecule has 4 heteroatoms. The van der Waals surface area contributed by atoms with Gasteiger partial charge in [0.05, 0.1) is 6.10 Å². The number of aliphatic hydroxyl groups is 1. The summed E-state index contributed by atoms with van der Waals surface area (Å²) in [5.74, 6) is -2.08. The fourth-order valence-corrected chi connectivity index (χ4v) is 2.76. The highest BCUT2D eigenvalue weighted by molar-refractivity contribution is 5.96. The number of ketones is 1. The molecule has 0 saturated heterocycles. The number of aliphatic carboxylic acids is 1. The minimum atomic E-state index is -1.00. The maximum absolute atomic E-state index is 11.2. The molecule has 0 fully saturated rings. The first-order chi connectivity index (χ1) is 11.5. The average molecular weight is 341 g/mol. The van der Waals surface area contributed by atoms with Crippen molar-refractivity contribution in [1.82, 2.24) is 0 Å². The minimum Gasteiger partial charge on any atom is -0.481 e. The van der Waals surface area contributed by atoms with E-state index in [0.717, 1.165) is 51.4 Å². The number of Topliss-reactive ketones (excluding diaryl/α,β-unsaturated/α-hetero) is 1. The molecule has 0 saturated carbocycles. The van der Waals surface area contributed by atoms with Gasteiger partial charge < -0.3 is 10.2 Å². The van der Waals surface area contributed by atoms with Gasteiger partial charge in [-0.05, 0) is 39.0 Å². The summed E-state index contributed by atoms with van der Waals surface area (Å²) in [5, 5.41) is 18.8. The molecule has 0 amide bonds. The maximum Gasteiger partial charge on any atom is 0.314 e. The van der Waals surface area contributed by atoms with Gasteiger partial charge in [0.2, 0.25) is 0 Å². The van der Waals surface area contributed by atoms with Crippen molar-refractivity contribution in [1.29, 1.82) is 0 Å². The van der Waals surface area contributed by atoms with Crippen LogP contribution in [0.25, 0.3) is 0 Å². The van der Waals surface area contributed by atoms with Crippen LogP contribution in [0, 0.1) is 5.92 Å². The van der Waals surface area contributed by atoms with Gasteiger partial charge in [-0.25, -0.2) is 0 Å². The Labute approximate surface area is 147 Å². The van der Waals surface area contributed by atoms with Gasteiger partial charge in [0, 0.05) is 0 Å². The van der Waals surface area contributed by atoms with Crippen LogP contribution in [0.4, 0.5) is 0 Å². The van der Waals surface area contributed by atoms with E-state index in [-0.39, 0.29) is 11.9 Å². The first kappa shape index (κ1) is 22.8. The summed E-state index contributed by atoms with van der Waals surface area (Å²) in [6, 6.07) is 0. The molecule has 0 aromatic carbocycles. The van der Waals surface area contributed by atoms with Crippen LogP contribution in [0.3, 0.4) is 0 Å². The molecular formula is C20H36O4. The predicted molar refractivity (Wildman–Crippen MR) is 98.0 cm³/mol. The molecule has 0 aromatic heterocycles. The summed E-state index contributed by atoms with van der Waals surface area (Å²) in [6.45, 7) is 3.54. The molecule has 0 spiro atoms. The SMILES string of the molecule is CCCCCCC(O)C/C=C\CCCCCCC(C(C)=O)C(=O)O. The number of hydrogen-bond donors (Lipinski definition) is 2. The van der Waals surface area contributed by atoms with Crippen molar-refractivity contribution in [2.24, 2.45) is 5.92 Å². The van der Waals surface area contributed by atoms with Gasteiger partial charge in [0.25, 0.3) is 0 Å². The van der Waals surface area contributed by atoms with Gasteiger partial charge in [-0.15, -0.1) is 0 Å². The van der Waals surface area contributed by atoms with Gasteiger partial charge in [-0.2, -0.15) is 0 Å². The third-order valence-electron chi connectivity index (χ3n) is 4.37. The minimum absolute atomic E-state index is 0.211. The first-order valence-electron chi connectivity index (χ1n) is 9.55. The molecule has 2 N–H and O–H groups in total. The number of carbonyl (C=O) groups is 2. The first-order valence-corrected chi connectivity index (χ1v) is 9.55. The molecule has 0 aromatic rings. The number of rotatable bonds is 16. The number of unbranched alkanes of at least 4 members (excludes halogenated alkanes) is 7. The number of carbonyl (C=O) groups excluding carboxylic acids is 1. The molecule has 140 valence electrons. The Morgan fingerprint density at radius 2 is 1.54 bits per heavy atom. The smallest absolute Gasteiger partial charge is 0.314 e. The van der Waals surface area contributed by atoms with E-state index in [1.807, 2.05) is 0 Å². The largest absolute Gasteiger partial charge is 0.481 e. The number of carboxylic acid groups (broad SMARTS) is 1. The molecule has 0 rings (SSSR count). The Bertz CT molecular complexity index is 349. The fourth-order valence-electron chi connectivity index (χ4n) is 2.76. The quantitative estimate of drug-likeness (QED) is 0.238. The molecule has 2 unspecified atom stereocenters. The zero-order valence-corrected chi connectivity index (χ0v) is 15.5. The molecule has 24 heavy (non-hydrogen) atoms. The summed E-state index contributed by atoms with van der Waals surface area (Å²) in [7, 11) is 0. The van der Waals surface area contributed by atoms with E-state index in [1.165, 1.54) is 26.2 Å². The third-order valence-corrected chi connectivity index (χ3v) is 4.37. The molecule has 0 bridgehead atoms. The fraction of sp³-hybridized carbons (Fsp3) is 0.800. The number of hydrogen-bond acceptors (Lipinski definition) is 3. The van der Waals surface area contributed by atoms with Crippen LogP contribution in [-0.2, 0) is 9.59 Å². The van der Waals surface area contributed by atoms with Gasteiger partial charge in [-0.1, -0.05) is 64.0 Å².